The number of nitrogens with one attached hydrogen (secondary N) is 1. The lowest BCUT2D eigenvalue weighted by molar-refractivity contribution is -0.145. The molecule has 0 radical (unpaired) electrons. The number of rotatable bonds is 7. The smallest absolute Gasteiger partial charge is 0.306 e. The number of carbonyl (C=O) groups excluding carboxylic acids is 3. The molecule has 0 aliphatic heterocycles. The van der Waals surface area contributed by atoms with Crippen molar-refractivity contribution in [1.29, 1.82) is 0 Å². The maximum absolute atomic E-state index is 12.7. The number of carbonyl (C=O) groups is 3. The van der Waals surface area contributed by atoms with Crippen LogP contribution in [0, 0.1) is 5.82 Å². The summed E-state index contributed by atoms with van der Waals surface area (Å²) in [6.07, 6.45) is -0.0320. The highest BCUT2D eigenvalue weighted by molar-refractivity contribution is 5.94. The van der Waals surface area contributed by atoms with Crippen LogP contribution in [0.4, 0.5) is 10.1 Å². The first-order valence-corrected chi connectivity index (χ1v) is 6.87. The second-order valence-corrected chi connectivity index (χ2v) is 4.61. The normalized spacial score (nSPS) is 9.95. The second kappa shape index (κ2) is 8.76. The number of hydrogen-bond donors (Lipinski definition) is 1. The van der Waals surface area contributed by atoms with E-state index >= 15 is 0 Å². The van der Waals surface area contributed by atoms with Gasteiger partial charge in [-0.05, 0) is 31.2 Å². The third-order valence-corrected chi connectivity index (χ3v) is 2.78. The zero-order valence-corrected chi connectivity index (χ0v) is 12.6. The lowest BCUT2D eigenvalue weighted by Gasteiger charge is -2.16. The van der Waals surface area contributed by atoms with E-state index in [-0.39, 0.29) is 31.9 Å². The Hall–Kier alpha value is -2.44. The Balaban J connectivity index is 2.38. The third-order valence-electron chi connectivity index (χ3n) is 2.78. The van der Waals surface area contributed by atoms with Crippen LogP contribution in [-0.4, -0.2) is 42.9 Å². The monoisotopic (exact) mass is 310 g/mol. The van der Waals surface area contributed by atoms with E-state index in [0.29, 0.717) is 5.69 Å². The van der Waals surface area contributed by atoms with Gasteiger partial charge in [0.15, 0.2) is 0 Å². The van der Waals surface area contributed by atoms with Crippen LogP contribution >= 0.6 is 0 Å². The molecule has 120 valence electrons. The van der Waals surface area contributed by atoms with E-state index in [4.69, 9.17) is 4.74 Å². The van der Waals surface area contributed by atoms with Crippen molar-refractivity contribution in [2.75, 3.05) is 25.5 Å². The first-order chi connectivity index (χ1) is 10.4. The Morgan fingerprint density at radius 2 is 1.82 bits per heavy atom. The molecule has 0 spiro atoms. The van der Waals surface area contributed by atoms with Gasteiger partial charge in [0.05, 0.1) is 19.6 Å². The van der Waals surface area contributed by atoms with Crippen LogP contribution in [0.25, 0.3) is 0 Å². The molecule has 0 aliphatic carbocycles. The molecule has 1 N–H and O–H groups in total. The average molecular weight is 310 g/mol. The maximum atomic E-state index is 12.7. The number of benzene rings is 1. The van der Waals surface area contributed by atoms with Crippen LogP contribution in [0.1, 0.15) is 19.8 Å². The molecule has 22 heavy (non-hydrogen) atoms. The average Bonchev–Trinajstić information content (AvgIpc) is 2.47. The molecule has 0 atom stereocenters. The summed E-state index contributed by atoms with van der Waals surface area (Å²) in [4.78, 5) is 35.9. The van der Waals surface area contributed by atoms with Gasteiger partial charge in [-0.15, -0.1) is 0 Å². The van der Waals surface area contributed by atoms with Crippen molar-refractivity contribution in [3.05, 3.63) is 30.1 Å². The lowest BCUT2D eigenvalue weighted by Crippen LogP contribution is -2.35. The number of likely N-dealkylation sites (N-methyl/N-ethyl adjacent to an activating group) is 1. The summed E-state index contributed by atoms with van der Waals surface area (Å²) in [5.41, 5.74) is 0.443. The van der Waals surface area contributed by atoms with E-state index in [1.165, 1.54) is 36.2 Å². The molecule has 1 aromatic rings. The minimum atomic E-state index is -0.444. The molecule has 6 nitrogen and oxygen atoms in total. The Morgan fingerprint density at radius 1 is 1.18 bits per heavy atom. The fourth-order valence-electron chi connectivity index (χ4n) is 1.67. The summed E-state index contributed by atoms with van der Waals surface area (Å²) in [5.74, 6) is -1.58. The topological polar surface area (TPSA) is 75.7 Å². The summed E-state index contributed by atoms with van der Waals surface area (Å²) in [6.45, 7) is 1.80. The van der Waals surface area contributed by atoms with E-state index < -0.39 is 17.7 Å². The molecule has 0 bridgehead atoms. The number of ether oxygens (including phenoxy) is 1. The standard InChI is InChI=1S/C15H19FN2O4/c1-3-22-15(21)9-8-14(20)18(2)10-13(19)17-12-6-4-11(16)5-7-12/h4-7H,3,8-10H2,1-2H3,(H,17,19). The number of nitrogens with zero attached hydrogens (tertiary/aromatic N) is 1. The quantitative estimate of drug-likeness (QED) is 0.776. The zero-order valence-electron chi connectivity index (χ0n) is 12.6. The molecule has 0 unspecified atom stereocenters. The predicted octanol–water partition coefficient (Wildman–Crippen LogP) is 1.57. The fourth-order valence-corrected chi connectivity index (χ4v) is 1.67. The zero-order chi connectivity index (χ0) is 16.5. The molecule has 0 heterocycles. The van der Waals surface area contributed by atoms with Crippen LogP contribution in [-0.2, 0) is 19.1 Å². The highest BCUT2D eigenvalue weighted by Gasteiger charge is 2.15. The number of halogens is 1. The first kappa shape index (κ1) is 17.6. The van der Waals surface area contributed by atoms with Gasteiger partial charge in [0.25, 0.3) is 0 Å². The van der Waals surface area contributed by atoms with Crippen molar-refractivity contribution in [3.8, 4) is 0 Å². The van der Waals surface area contributed by atoms with E-state index in [0.717, 1.165) is 0 Å². The van der Waals surface area contributed by atoms with E-state index in [1.807, 2.05) is 0 Å². The summed E-state index contributed by atoms with van der Waals surface area (Å²) >= 11 is 0. The number of hydrogen-bond acceptors (Lipinski definition) is 4. The number of amides is 2. The molecule has 2 amide bonds. The Morgan fingerprint density at radius 3 is 2.41 bits per heavy atom. The van der Waals surface area contributed by atoms with Gasteiger partial charge < -0.3 is 15.0 Å². The number of esters is 1. The van der Waals surface area contributed by atoms with Gasteiger partial charge in [-0.25, -0.2) is 4.39 Å². The van der Waals surface area contributed by atoms with Crippen molar-refractivity contribution < 1.29 is 23.5 Å². The molecule has 1 aromatic carbocycles. The van der Waals surface area contributed by atoms with E-state index in [9.17, 15) is 18.8 Å². The lowest BCUT2D eigenvalue weighted by atomic mass is 10.2. The Kier molecular flexibility index (Phi) is 7.01. The summed E-state index contributed by atoms with van der Waals surface area (Å²) in [5, 5.41) is 2.55. The highest BCUT2D eigenvalue weighted by atomic mass is 19.1. The molecular formula is C15H19FN2O4. The minimum absolute atomic E-state index is 0.0147. The van der Waals surface area contributed by atoms with Gasteiger partial charge in [0.2, 0.25) is 11.8 Å². The Bertz CT molecular complexity index is 531. The van der Waals surface area contributed by atoms with Crippen LogP contribution in [0.3, 0.4) is 0 Å². The van der Waals surface area contributed by atoms with Gasteiger partial charge in [0.1, 0.15) is 5.82 Å². The van der Waals surface area contributed by atoms with Crippen LogP contribution < -0.4 is 5.32 Å². The van der Waals surface area contributed by atoms with Crippen molar-refractivity contribution in [1.82, 2.24) is 4.90 Å². The van der Waals surface area contributed by atoms with Gasteiger partial charge in [0, 0.05) is 19.2 Å². The van der Waals surface area contributed by atoms with Crippen LogP contribution in [0.5, 0.6) is 0 Å². The van der Waals surface area contributed by atoms with Crippen molar-refractivity contribution in [2.45, 2.75) is 19.8 Å². The molecular weight excluding hydrogens is 291 g/mol. The fraction of sp³-hybridized carbons (Fsp3) is 0.400. The molecule has 0 fully saturated rings. The third kappa shape index (κ3) is 6.34. The number of anilines is 1. The highest BCUT2D eigenvalue weighted by Crippen LogP contribution is 2.08. The molecule has 0 aromatic heterocycles. The minimum Gasteiger partial charge on any atom is -0.466 e. The van der Waals surface area contributed by atoms with Gasteiger partial charge >= 0.3 is 5.97 Å². The van der Waals surface area contributed by atoms with Gasteiger partial charge in [-0.1, -0.05) is 0 Å². The maximum Gasteiger partial charge on any atom is 0.306 e. The SMILES string of the molecule is CCOC(=O)CCC(=O)N(C)CC(=O)Nc1ccc(F)cc1. The molecule has 1 rings (SSSR count). The molecule has 0 saturated carbocycles. The van der Waals surface area contributed by atoms with Crippen molar-refractivity contribution in [3.63, 3.8) is 0 Å². The molecule has 0 aliphatic rings. The summed E-state index contributed by atoms with van der Waals surface area (Å²) < 4.78 is 17.5. The first-order valence-electron chi connectivity index (χ1n) is 6.87. The van der Waals surface area contributed by atoms with E-state index in [2.05, 4.69) is 5.32 Å². The predicted molar refractivity (Wildman–Crippen MR) is 78.5 cm³/mol. The van der Waals surface area contributed by atoms with Crippen LogP contribution in [0.2, 0.25) is 0 Å². The van der Waals surface area contributed by atoms with E-state index in [1.54, 1.807) is 6.92 Å². The van der Waals surface area contributed by atoms with Crippen molar-refractivity contribution in [2.24, 2.45) is 0 Å². The second-order valence-electron chi connectivity index (χ2n) is 4.61. The van der Waals surface area contributed by atoms with Gasteiger partial charge in [-0.3, -0.25) is 14.4 Å². The van der Waals surface area contributed by atoms with Crippen molar-refractivity contribution >= 4 is 23.5 Å². The summed E-state index contributed by atoms with van der Waals surface area (Å²) in [7, 11) is 1.47. The van der Waals surface area contributed by atoms with Gasteiger partial charge in [-0.2, -0.15) is 0 Å². The van der Waals surface area contributed by atoms with Crippen LogP contribution in [0.15, 0.2) is 24.3 Å². The largest absolute Gasteiger partial charge is 0.466 e. The summed E-state index contributed by atoms with van der Waals surface area (Å²) in [6, 6.07) is 5.30. The Labute approximate surface area is 128 Å². The molecule has 0 saturated heterocycles. The molecule has 7 heteroatoms.